The van der Waals surface area contributed by atoms with E-state index < -0.39 is 52.7 Å². The smallest absolute Gasteiger partial charge is 0.310 e. The Bertz CT molecular complexity index is 905. The van der Waals surface area contributed by atoms with Gasteiger partial charge < -0.3 is 18.6 Å². The molecule has 0 spiro atoms. The Morgan fingerprint density at radius 3 is 2.55 bits per heavy atom. The van der Waals surface area contributed by atoms with Crippen molar-refractivity contribution >= 4 is 23.7 Å². The van der Waals surface area contributed by atoms with E-state index in [1.807, 2.05) is 13.8 Å². The summed E-state index contributed by atoms with van der Waals surface area (Å²) in [5.74, 6) is -3.35. The standard InChI is InChI=1S/C23H28O8/c1-12(24)30-16-9-15(20(26)28-4)22(2)7-5-14-21(27)31-17(13-6-8-29-11-13)10-23(14,3)19(22)18(16)25/h6,8,11,14-17,19H,5,7,9-10H2,1-4H3/t14?,15?,16?,17-,19?,22-,23-/m0/s1. The van der Waals surface area contributed by atoms with E-state index in [1.165, 1.54) is 26.6 Å². The highest BCUT2D eigenvalue weighted by Crippen LogP contribution is 2.65. The number of esters is 3. The number of hydrogen-bond donors (Lipinski definition) is 0. The van der Waals surface area contributed by atoms with Crippen LogP contribution in [0.4, 0.5) is 0 Å². The van der Waals surface area contributed by atoms with E-state index in [0.29, 0.717) is 19.3 Å². The number of hydrogen-bond acceptors (Lipinski definition) is 8. The highest BCUT2D eigenvalue weighted by atomic mass is 16.6. The summed E-state index contributed by atoms with van der Waals surface area (Å²) >= 11 is 0. The summed E-state index contributed by atoms with van der Waals surface area (Å²) in [6.45, 7) is 5.09. The van der Waals surface area contributed by atoms with Crippen LogP contribution in [0.15, 0.2) is 23.0 Å². The van der Waals surface area contributed by atoms with Crippen molar-refractivity contribution in [2.45, 2.75) is 58.7 Å². The monoisotopic (exact) mass is 432 g/mol. The molecule has 1 aliphatic heterocycles. The third-order valence-corrected chi connectivity index (χ3v) is 7.81. The van der Waals surface area contributed by atoms with E-state index in [1.54, 1.807) is 6.07 Å². The molecule has 0 aromatic carbocycles. The highest BCUT2D eigenvalue weighted by molar-refractivity contribution is 5.93. The number of ether oxygens (including phenoxy) is 3. The van der Waals surface area contributed by atoms with Crippen LogP contribution in [-0.2, 0) is 33.4 Å². The van der Waals surface area contributed by atoms with Crippen LogP contribution in [0.1, 0.15) is 58.1 Å². The van der Waals surface area contributed by atoms with Gasteiger partial charge in [0, 0.05) is 24.8 Å². The van der Waals surface area contributed by atoms with Gasteiger partial charge in [0.2, 0.25) is 0 Å². The fraction of sp³-hybridized carbons (Fsp3) is 0.652. The molecule has 8 heteroatoms. The molecule has 0 amide bonds. The average molecular weight is 432 g/mol. The molecule has 0 N–H and O–H groups in total. The Labute approximate surface area is 180 Å². The molecule has 2 saturated carbocycles. The number of cyclic esters (lactones) is 1. The van der Waals surface area contributed by atoms with E-state index in [2.05, 4.69) is 0 Å². The second kappa shape index (κ2) is 7.50. The normalized spacial score (nSPS) is 39.7. The third kappa shape index (κ3) is 3.27. The van der Waals surface area contributed by atoms with Gasteiger partial charge in [-0.15, -0.1) is 0 Å². The van der Waals surface area contributed by atoms with Crippen LogP contribution in [0, 0.1) is 28.6 Å². The number of methoxy groups -OCH3 is 1. The van der Waals surface area contributed by atoms with E-state index in [-0.39, 0.29) is 18.2 Å². The molecule has 8 nitrogen and oxygen atoms in total. The van der Waals surface area contributed by atoms with Gasteiger partial charge in [0.1, 0.15) is 6.10 Å². The molecule has 31 heavy (non-hydrogen) atoms. The summed E-state index contributed by atoms with van der Waals surface area (Å²) < 4.78 is 21.3. The van der Waals surface area contributed by atoms with Gasteiger partial charge in [0.05, 0.1) is 31.5 Å². The zero-order valence-electron chi connectivity index (χ0n) is 18.2. The van der Waals surface area contributed by atoms with Gasteiger partial charge in [-0.3, -0.25) is 19.2 Å². The molecule has 7 atom stereocenters. The number of fused-ring (bicyclic) bond motifs is 3. The Balaban J connectivity index is 1.80. The van der Waals surface area contributed by atoms with Crippen molar-refractivity contribution in [3.63, 3.8) is 0 Å². The molecule has 0 radical (unpaired) electrons. The predicted octanol–water partition coefficient (Wildman–Crippen LogP) is 3.00. The summed E-state index contributed by atoms with van der Waals surface area (Å²) in [4.78, 5) is 51.2. The molecular weight excluding hydrogens is 404 g/mol. The molecule has 1 aromatic rings. The maximum atomic E-state index is 13.7. The first-order valence-electron chi connectivity index (χ1n) is 10.6. The Hall–Kier alpha value is -2.64. The quantitative estimate of drug-likeness (QED) is 0.530. The van der Waals surface area contributed by atoms with E-state index in [4.69, 9.17) is 18.6 Å². The summed E-state index contributed by atoms with van der Waals surface area (Å²) in [6.07, 6.45) is 2.98. The van der Waals surface area contributed by atoms with Gasteiger partial charge in [-0.2, -0.15) is 0 Å². The summed E-state index contributed by atoms with van der Waals surface area (Å²) in [5, 5.41) is 0. The molecule has 3 aliphatic rings. The number of carbonyl (C=O) groups excluding carboxylic acids is 4. The van der Waals surface area contributed by atoms with Crippen LogP contribution in [0.3, 0.4) is 0 Å². The average Bonchev–Trinajstić information content (AvgIpc) is 3.23. The number of rotatable bonds is 3. The first-order chi connectivity index (χ1) is 14.6. The molecule has 1 saturated heterocycles. The second-order valence-corrected chi connectivity index (χ2v) is 9.53. The minimum Gasteiger partial charge on any atom is -0.472 e. The lowest BCUT2D eigenvalue weighted by Gasteiger charge is -2.60. The topological polar surface area (TPSA) is 109 Å². The molecule has 168 valence electrons. The highest BCUT2D eigenvalue weighted by Gasteiger charge is 2.67. The van der Waals surface area contributed by atoms with Crippen molar-refractivity contribution in [1.29, 1.82) is 0 Å². The van der Waals surface area contributed by atoms with E-state index in [0.717, 1.165) is 5.56 Å². The molecule has 4 rings (SSSR count). The van der Waals surface area contributed by atoms with Crippen molar-refractivity contribution in [3.8, 4) is 0 Å². The lowest BCUT2D eigenvalue weighted by atomic mass is 9.43. The van der Waals surface area contributed by atoms with Crippen LogP contribution < -0.4 is 0 Å². The molecule has 1 aromatic heterocycles. The Morgan fingerprint density at radius 2 is 1.94 bits per heavy atom. The Kier molecular flexibility index (Phi) is 5.22. The number of ketones is 1. The van der Waals surface area contributed by atoms with Gasteiger partial charge in [-0.1, -0.05) is 13.8 Å². The van der Waals surface area contributed by atoms with Crippen LogP contribution in [0.25, 0.3) is 0 Å². The number of Topliss-reactive ketones (excluding diaryl/α,β-unsaturated/α-hetero) is 1. The van der Waals surface area contributed by atoms with Crippen molar-refractivity contribution in [2.75, 3.05) is 7.11 Å². The lowest BCUT2D eigenvalue weighted by molar-refractivity contribution is -0.210. The van der Waals surface area contributed by atoms with Crippen LogP contribution >= 0.6 is 0 Å². The summed E-state index contributed by atoms with van der Waals surface area (Å²) in [5.41, 5.74) is -0.763. The maximum Gasteiger partial charge on any atom is 0.310 e. The van der Waals surface area contributed by atoms with Crippen LogP contribution in [0.5, 0.6) is 0 Å². The van der Waals surface area contributed by atoms with Gasteiger partial charge in [-0.25, -0.2) is 0 Å². The zero-order valence-corrected chi connectivity index (χ0v) is 18.2. The molecular formula is C23H28O8. The molecule has 2 aliphatic carbocycles. The minimum atomic E-state index is -1.04. The fourth-order valence-electron chi connectivity index (χ4n) is 6.46. The maximum absolute atomic E-state index is 13.7. The van der Waals surface area contributed by atoms with Crippen LogP contribution in [-0.4, -0.2) is 36.9 Å². The first kappa shape index (κ1) is 21.6. The minimum absolute atomic E-state index is 0.0917. The molecule has 3 fully saturated rings. The number of carbonyl (C=O) groups is 4. The van der Waals surface area contributed by atoms with Gasteiger partial charge in [0.15, 0.2) is 11.9 Å². The van der Waals surface area contributed by atoms with Crippen LogP contribution in [0.2, 0.25) is 0 Å². The van der Waals surface area contributed by atoms with Crippen molar-refractivity contribution < 1.29 is 37.8 Å². The lowest BCUT2D eigenvalue weighted by Crippen LogP contribution is -2.64. The second-order valence-electron chi connectivity index (χ2n) is 9.53. The zero-order chi connectivity index (χ0) is 22.6. The van der Waals surface area contributed by atoms with Crippen molar-refractivity contribution in [1.82, 2.24) is 0 Å². The van der Waals surface area contributed by atoms with E-state index in [9.17, 15) is 19.2 Å². The first-order valence-corrected chi connectivity index (χ1v) is 10.6. The van der Waals surface area contributed by atoms with Gasteiger partial charge in [-0.05, 0) is 36.2 Å². The fourth-order valence-corrected chi connectivity index (χ4v) is 6.46. The largest absolute Gasteiger partial charge is 0.472 e. The molecule has 4 unspecified atom stereocenters. The number of furan rings is 1. The van der Waals surface area contributed by atoms with Gasteiger partial charge >= 0.3 is 17.9 Å². The van der Waals surface area contributed by atoms with Crippen molar-refractivity contribution in [3.05, 3.63) is 24.2 Å². The summed E-state index contributed by atoms with van der Waals surface area (Å²) in [6, 6.07) is 1.74. The summed E-state index contributed by atoms with van der Waals surface area (Å²) in [7, 11) is 1.32. The molecule has 2 heterocycles. The third-order valence-electron chi connectivity index (χ3n) is 7.81. The molecule has 0 bridgehead atoms. The predicted molar refractivity (Wildman–Crippen MR) is 105 cm³/mol. The SMILES string of the molecule is COC(=O)C1CC(OC(C)=O)C(=O)C2[C@@]1(C)CCC1C(=O)O[C@H](c3ccoc3)C[C@@]12C. The van der Waals surface area contributed by atoms with E-state index >= 15 is 0 Å². The van der Waals surface area contributed by atoms with Crippen molar-refractivity contribution in [2.24, 2.45) is 28.6 Å². The Morgan fingerprint density at radius 1 is 1.19 bits per heavy atom. The van der Waals surface area contributed by atoms with Gasteiger partial charge in [0.25, 0.3) is 0 Å².